The van der Waals surface area contributed by atoms with E-state index in [9.17, 15) is 9.59 Å². The van der Waals surface area contributed by atoms with Crippen molar-refractivity contribution >= 4 is 22.7 Å². The summed E-state index contributed by atoms with van der Waals surface area (Å²) in [6, 6.07) is 14.7. The number of para-hydroxylation sites is 1. The van der Waals surface area contributed by atoms with Crippen molar-refractivity contribution in [3.05, 3.63) is 71.0 Å². The van der Waals surface area contributed by atoms with Gasteiger partial charge in [0.05, 0.1) is 6.61 Å². The molecular formula is C23H24O5. The lowest BCUT2D eigenvalue weighted by Crippen LogP contribution is -2.16. The van der Waals surface area contributed by atoms with Gasteiger partial charge in [-0.1, -0.05) is 63.2 Å². The second-order valence-electron chi connectivity index (χ2n) is 7.67. The normalized spacial score (nSPS) is 11.6. The van der Waals surface area contributed by atoms with Gasteiger partial charge in [-0.05, 0) is 17.0 Å². The molecule has 0 fully saturated rings. The summed E-state index contributed by atoms with van der Waals surface area (Å²) < 4.78 is 16.0. The molecule has 2 aromatic carbocycles. The second kappa shape index (κ2) is 7.98. The van der Waals surface area contributed by atoms with E-state index in [0.29, 0.717) is 16.7 Å². The SMILES string of the molecule is COCc1c(C(=O)OCC(=O)c2ccc(C(C)(C)C)cc2)oc2ccccc12. The third-order valence-electron chi connectivity index (χ3n) is 4.58. The van der Waals surface area contributed by atoms with Gasteiger partial charge in [0.1, 0.15) is 5.58 Å². The van der Waals surface area contributed by atoms with Crippen LogP contribution < -0.4 is 0 Å². The maximum absolute atomic E-state index is 12.5. The van der Waals surface area contributed by atoms with Gasteiger partial charge in [-0.3, -0.25) is 4.79 Å². The van der Waals surface area contributed by atoms with Crippen LogP contribution in [0.2, 0.25) is 0 Å². The van der Waals surface area contributed by atoms with Gasteiger partial charge < -0.3 is 13.9 Å². The molecule has 1 aromatic heterocycles. The van der Waals surface area contributed by atoms with Gasteiger partial charge in [0.25, 0.3) is 0 Å². The molecule has 0 bridgehead atoms. The molecule has 0 aliphatic carbocycles. The van der Waals surface area contributed by atoms with E-state index in [2.05, 4.69) is 20.8 Å². The predicted molar refractivity (Wildman–Crippen MR) is 107 cm³/mol. The standard InChI is InChI=1S/C23H24O5/c1-23(2,3)16-11-9-15(10-12-16)19(24)14-27-22(25)21-18(13-26-4)17-7-5-6-8-20(17)28-21/h5-12H,13-14H2,1-4H3. The number of carbonyl (C=O) groups is 2. The van der Waals surface area contributed by atoms with Crippen molar-refractivity contribution in [2.75, 3.05) is 13.7 Å². The first-order chi connectivity index (χ1) is 13.3. The molecule has 5 nitrogen and oxygen atoms in total. The number of carbonyl (C=O) groups excluding carboxylic acids is 2. The number of esters is 1. The van der Waals surface area contributed by atoms with E-state index in [-0.39, 0.29) is 30.2 Å². The van der Waals surface area contributed by atoms with Crippen molar-refractivity contribution in [2.24, 2.45) is 0 Å². The van der Waals surface area contributed by atoms with Crippen molar-refractivity contribution in [1.29, 1.82) is 0 Å². The Labute approximate surface area is 164 Å². The third kappa shape index (κ3) is 4.15. The summed E-state index contributed by atoms with van der Waals surface area (Å²) in [4.78, 5) is 24.9. The minimum Gasteiger partial charge on any atom is -0.451 e. The summed E-state index contributed by atoms with van der Waals surface area (Å²) in [7, 11) is 1.54. The van der Waals surface area contributed by atoms with Crippen LogP contribution in [0.15, 0.2) is 52.9 Å². The molecule has 0 saturated heterocycles. The Morgan fingerprint density at radius 2 is 1.68 bits per heavy atom. The molecule has 0 unspecified atom stereocenters. The fraction of sp³-hybridized carbons (Fsp3) is 0.304. The van der Waals surface area contributed by atoms with Gasteiger partial charge >= 0.3 is 5.97 Å². The molecule has 3 aromatic rings. The number of rotatable bonds is 6. The zero-order valence-corrected chi connectivity index (χ0v) is 16.6. The highest BCUT2D eigenvalue weighted by Gasteiger charge is 2.23. The number of furan rings is 1. The highest BCUT2D eigenvalue weighted by atomic mass is 16.5. The summed E-state index contributed by atoms with van der Waals surface area (Å²) in [5, 5.41) is 0.792. The van der Waals surface area contributed by atoms with Crippen LogP contribution in [-0.4, -0.2) is 25.5 Å². The van der Waals surface area contributed by atoms with Gasteiger partial charge in [0.2, 0.25) is 5.76 Å². The Kier molecular flexibility index (Phi) is 5.66. The van der Waals surface area contributed by atoms with Crippen LogP contribution in [0, 0.1) is 0 Å². The van der Waals surface area contributed by atoms with Crippen LogP contribution >= 0.6 is 0 Å². The van der Waals surface area contributed by atoms with E-state index < -0.39 is 5.97 Å². The topological polar surface area (TPSA) is 65.7 Å². The maximum atomic E-state index is 12.5. The van der Waals surface area contributed by atoms with Crippen LogP contribution in [0.1, 0.15) is 52.8 Å². The predicted octanol–water partition coefficient (Wildman–Crippen LogP) is 4.92. The van der Waals surface area contributed by atoms with Gasteiger partial charge in [0.15, 0.2) is 12.4 Å². The van der Waals surface area contributed by atoms with Gasteiger partial charge in [-0.25, -0.2) is 4.79 Å². The number of hydrogen-bond acceptors (Lipinski definition) is 5. The number of fused-ring (bicyclic) bond motifs is 1. The average Bonchev–Trinajstić information content (AvgIpc) is 3.04. The molecule has 0 aliphatic rings. The third-order valence-corrected chi connectivity index (χ3v) is 4.58. The van der Waals surface area contributed by atoms with Crippen molar-refractivity contribution in [3.8, 4) is 0 Å². The van der Waals surface area contributed by atoms with Crippen molar-refractivity contribution in [3.63, 3.8) is 0 Å². The summed E-state index contributed by atoms with van der Waals surface area (Å²) in [6.45, 7) is 6.18. The van der Waals surface area contributed by atoms with Crippen LogP contribution in [0.3, 0.4) is 0 Å². The number of benzene rings is 2. The molecular weight excluding hydrogens is 356 g/mol. The van der Waals surface area contributed by atoms with Crippen molar-refractivity contribution in [2.45, 2.75) is 32.8 Å². The minimum absolute atomic E-state index is 0.00703. The highest BCUT2D eigenvalue weighted by molar-refractivity contribution is 6.00. The van der Waals surface area contributed by atoms with E-state index in [0.717, 1.165) is 10.9 Å². The van der Waals surface area contributed by atoms with E-state index >= 15 is 0 Å². The van der Waals surface area contributed by atoms with Gasteiger partial charge in [-0.2, -0.15) is 0 Å². The number of ketones is 1. The molecule has 0 amide bonds. The van der Waals surface area contributed by atoms with E-state index in [1.54, 1.807) is 25.3 Å². The zero-order valence-electron chi connectivity index (χ0n) is 16.6. The van der Waals surface area contributed by atoms with Gasteiger partial charge in [-0.15, -0.1) is 0 Å². The lowest BCUT2D eigenvalue weighted by Gasteiger charge is -2.18. The highest BCUT2D eigenvalue weighted by Crippen LogP contribution is 2.27. The first kappa shape index (κ1) is 19.8. The van der Waals surface area contributed by atoms with E-state index in [1.165, 1.54) is 0 Å². The molecule has 5 heteroatoms. The number of hydrogen-bond donors (Lipinski definition) is 0. The molecule has 0 radical (unpaired) electrons. The second-order valence-corrected chi connectivity index (χ2v) is 7.67. The maximum Gasteiger partial charge on any atom is 0.375 e. The van der Waals surface area contributed by atoms with Crippen LogP contribution in [-0.2, 0) is 21.5 Å². The van der Waals surface area contributed by atoms with E-state index in [1.807, 2.05) is 30.3 Å². The van der Waals surface area contributed by atoms with Crippen LogP contribution in [0.25, 0.3) is 11.0 Å². The summed E-state index contributed by atoms with van der Waals surface area (Å²) in [6.07, 6.45) is 0. The first-order valence-electron chi connectivity index (χ1n) is 9.11. The fourth-order valence-electron chi connectivity index (χ4n) is 2.99. The molecule has 28 heavy (non-hydrogen) atoms. The summed E-state index contributed by atoms with van der Waals surface area (Å²) in [5.74, 6) is -0.875. The molecule has 1 heterocycles. The molecule has 0 saturated carbocycles. The number of Topliss-reactive ketones (excluding diaryl/α,β-unsaturated/α-hetero) is 1. The first-order valence-corrected chi connectivity index (χ1v) is 9.11. The largest absolute Gasteiger partial charge is 0.451 e. The Morgan fingerprint density at radius 3 is 2.32 bits per heavy atom. The Hall–Kier alpha value is -2.92. The average molecular weight is 380 g/mol. The van der Waals surface area contributed by atoms with Crippen LogP contribution in [0.4, 0.5) is 0 Å². The fourth-order valence-corrected chi connectivity index (χ4v) is 2.99. The number of methoxy groups -OCH3 is 1. The molecule has 0 N–H and O–H groups in total. The molecule has 146 valence electrons. The summed E-state index contributed by atoms with van der Waals surface area (Å²) >= 11 is 0. The smallest absolute Gasteiger partial charge is 0.375 e. The molecule has 0 spiro atoms. The quantitative estimate of drug-likeness (QED) is 0.449. The van der Waals surface area contributed by atoms with Crippen molar-refractivity contribution < 1.29 is 23.5 Å². The Balaban J connectivity index is 1.72. The molecule has 0 aliphatic heterocycles. The zero-order chi connectivity index (χ0) is 20.3. The monoisotopic (exact) mass is 380 g/mol. The molecule has 0 atom stereocenters. The Morgan fingerprint density at radius 1 is 1.00 bits per heavy atom. The lowest BCUT2D eigenvalue weighted by atomic mass is 9.86. The summed E-state index contributed by atoms with van der Waals surface area (Å²) in [5.41, 5.74) is 2.83. The number of ether oxygens (including phenoxy) is 2. The van der Waals surface area contributed by atoms with Crippen molar-refractivity contribution in [1.82, 2.24) is 0 Å². The minimum atomic E-state index is -0.678. The lowest BCUT2D eigenvalue weighted by molar-refractivity contribution is 0.0441. The van der Waals surface area contributed by atoms with E-state index in [4.69, 9.17) is 13.9 Å². The molecule has 3 rings (SSSR count). The Bertz CT molecular complexity index is 990. The van der Waals surface area contributed by atoms with Gasteiger partial charge in [0, 0.05) is 23.6 Å². The van der Waals surface area contributed by atoms with Crippen LogP contribution in [0.5, 0.6) is 0 Å².